The number of rotatable bonds is 9. The summed E-state index contributed by atoms with van der Waals surface area (Å²) >= 11 is 0.994. The van der Waals surface area contributed by atoms with E-state index in [1.54, 1.807) is 43.3 Å². The second-order valence-corrected chi connectivity index (χ2v) is 9.24. The molecule has 0 aliphatic carbocycles. The van der Waals surface area contributed by atoms with Crippen LogP contribution in [0.5, 0.6) is 0 Å². The lowest BCUT2D eigenvalue weighted by molar-refractivity contribution is -0.192. The number of aliphatic imine (C=N–C) groups is 1. The van der Waals surface area contributed by atoms with Crippen LogP contribution < -0.4 is 27.4 Å². The minimum absolute atomic E-state index is 0.109. The maximum absolute atomic E-state index is 12.8. The first-order valence-corrected chi connectivity index (χ1v) is 12.6. The molecule has 18 heteroatoms. The Hall–Kier alpha value is -5.52. The highest BCUT2D eigenvalue weighted by molar-refractivity contribution is 7.17. The summed E-state index contributed by atoms with van der Waals surface area (Å²) in [6.45, 7) is 1.63. The van der Waals surface area contributed by atoms with Gasteiger partial charge in [0.15, 0.2) is 5.96 Å². The number of amides is 3. The summed E-state index contributed by atoms with van der Waals surface area (Å²) in [4.78, 5) is 66.5. The van der Waals surface area contributed by atoms with Crippen LogP contribution >= 0.6 is 11.3 Å². The number of benzene rings is 2. The Labute approximate surface area is 244 Å². The van der Waals surface area contributed by atoms with Gasteiger partial charge in [-0.05, 0) is 37.3 Å². The summed E-state index contributed by atoms with van der Waals surface area (Å²) in [5.74, 6) is -6.06. The molecule has 14 nitrogen and oxygen atoms in total. The van der Waals surface area contributed by atoms with Crippen molar-refractivity contribution in [3.63, 3.8) is 0 Å². The van der Waals surface area contributed by atoms with Crippen molar-refractivity contribution in [1.29, 1.82) is 0 Å². The van der Waals surface area contributed by atoms with E-state index in [1.807, 2.05) is 0 Å². The number of carbonyl (C=O) groups excluding carboxylic acids is 3. The maximum Gasteiger partial charge on any atom is 0.490 e. The Morgan fingerprint density at radius 3 is 2.12 bits per heavy atom. The van der Waals surface area contributed by atoms with Gasteiger partial charge in [-0.25, -0.2) is 9.78 Å². The molecule has 0 aliphatic rings. The average Bonchev–Trinajstić information content (AvgIpc) is 3.27. The number of nitrogens with two attached hydrogens (primary N) is 2. The predicted molar refractivity (Wildman–Crippen MR) is 149 cm³/mol. The van der Waals surface area contributed by atoms with Crippen LogP contribution in [-0.2, 0) is 14.4 Å². The third-order valence-corrected chi connectivity index (χ3v) is 5.93. The van der Waals surface area contributed by atoms with Crippen molar-refractivity contribution < 1.29 is 47.4 Å². The Bertz CT molecular complexity index is 1520. The molecule has 3 amide bonds. The lowest BCUT2D eigenvalue weighted by Crippen LogP contribution is -2.45. The number of halogens is 3. The molecule has 228 valence electrons. The fourth-order valence-electron chi connectivity index (χ4n) is 3.05. The standard InChI is InChI=1S/C23H23N7O5S.C2HF3O2/c1-12-18(36-23(26-12)30-22(24)25)21(35)28-15-9-5-6-13(10-15)19(33)29-16(11-17(31)32)20(34)27-14-7-3-2-4-8-14;3-2(4,5)1(6)7/h2-10,16H,11H2,1H3,(H,27,34)(H,28,35)(H,29,33)(H,31,32)(H4,24,25,26,30);(H,6,7)/t16-;/m0./s1. The van der Waals surface area contributed by atoms with Crippen molar-refractivity contribution >= 4 is 63.5 Å². The van der Waals surface area contributed by atoms with Crippen molar-refractivity contribution in [1.82, 2.24) is 10.3 Å². The van der Waals surface area contributed by atoms with Crippen LogP contribution in [0.25, 0.3) is 0 Å². The van der Waals surface area contributed by atoms with Gasteiger partial charge < -0.3 is 37.6 Å². The van der Waals surface area contributed by atoms with E-state index in [9.17, 15) is 37.5 Å². The van der Waals surface area contributed by atoms with Crippen LogP contribution in [0.15, 0.2) is 59.6 Å². The first-order valence-electron chi connectivity index (χ1n) is 11.7. The number of aromatic nitrogens is 1. The number of hydrogen-bond donors (Lipinski definition) is 7. The molecular weight excluding hydrogens is 599 g/mol. The number of thiazole rings is 1. The number of aliphatic carboxylic acids is 2. The molecule has 3 rings (SSSR count). The maximum atomic E-state index is 12.8. The van der Waals surface area contributed by atoms with E-state index in [-0.39, 0.29) is 21.5 Å². The first kappa shape index (κ1) is 33.7. The second kappa shape index (κ2) is 14.9. The van der Waals surface area contributed by atoms with Crippen molar-refractivity contribution in [2.24, 2.45) is 16.5 Å². The zero-order valence-corrected chi connectivity index (χ0v) is 22.8. The normalized spacial score (nSPS) is 11.2. The van der Waals surface area contributed by atoms with E-state index in [2.05, 4.69) is 25.9 Å². The summed E-state index contributed by atoms with van der Waals surface area (Å²) in [7, 11) is 0. The molecule has 43 heavy (non-hydrogen) atoms. The van der Waals surface area contributed by atoms with Crippen molar-refractivity contribution in [3.05, 3.63) is 70.7 Å². The predicted octanol–water partition coefficient (Wildman–Crippen LogP) is 2.45. The van der Waals surface area contributed by atoms with Crippen LogP contribution in [0.1, 0.15) is 32.1 Å². The SMILES string of the molecule is Cc1nc(N=C(N)N)sc1C(=O)Nc1cccc(C(=O)N[C@@H](CC(=O)O)C(=O)Nc2ccccc2)c1.O=C(O)C(F)(F)F. The average molecular weight is 624 g/mol. The van der Waals surface area contributed by atoms with Crippen LogP contribution in [0, 0.1) is 6.92 Å². The molecule has 0 aliphatic heterocycles. The van der Waals surface area contributed by atoms with Gasteiger partial charge in [0, 0.05) is 16.9 Å². The van der Waals surface area contributed by atoms with Gasteiger partial charge in [-0.2, -0.15) is 18.2 Å². The number of aryl methyl sites for hydroxylation is 1. The van der Waals surface area contributed by atoms with Crippen molar-refractivity contribution in [2.45, 2.75) is 25.6 Å². The molecular formula is C25H24F3N7O7S. The Kier molecular flexibility index (Phi) is 11.7. The fraction of sp³-hybridized carbons (Fsp3) is 0.160. The van der Waals surface area contributed by atoms with E-state index in [1.165, 1.54) is 18.2 Å². The second-order valence-electron chi connectivity index (χ2n) is 8.26. The van der Waals surface area contributed by atoms with Gasteiger partial charge in [-0.15, -0.1) is 0 Å². The number of hydrogen-bond acceptors (Lipinski definition) is 8. The van der Waals surface area contributed by atoms with E-state index >= 15 is 0 Å². The summed E-state index contributed by atoms with van der Waals surface area (Å²) < 4.78 is 31.7. The molecule has 9 N–H and O–H groups in total. The summed E-state index contributed by atoms with van der Waals surface area (Å²) in [5, 5.41) is 24.2. The molecule has 0 saturated carbocycles. The van der Waals surface area contributed by atoms with Crippen molar-refractivity contribution in [3.8, 4) is 0 Å². The van der Waals surface area contributed by atoms with Gasteiger partial charge in [0.2, 0.25) is 11.0 Å². The van der Waals surface area contributed by atoms with E-state index in [0.29, 0.717) is 17.1 Å². The minimum Gasteiger partial charge on any atom is -0.481 e. The number of carboxylic acids is 2. The molecule has 0 spiro atoms. The fourth-order valence-corrected chi connectivity index (χ4v) is 3.91. The quantitative estimate of drug-likeness (QED) is 0.136. The molecule has 0 unspecified atom stereocenters. The number of carbonyl (C=O) groups is 5. The number of nitrogens with zero attached hydrogens (tertiary/aromatic N) is 2. The van der Waals surface area contributed by atoms with Gasteiger partial charge in [0.25, 0.3) is 11.8 Å². The molecule has 0 fully saturated rings. The number of alkyl halides is 3. The molecule has 0 radical (unpaired) electrons. The number of anilines is 2. The highest BCUT2D eigenvalue weighted by Gasteiger charge is 2.38. The molecule has 2 aromatic carbocycles. The van der Waals surface area contributed by atoms with Gasteiger partial charge in [0.05, 0.1) is 12.1 Å². The lowest BCUT2D eigenvalue weighted by atomic mass is 10.1. The summed E-state index contributed by atoms with van der Waals surface area (Å²) in [6.07, 6.45) is -5.70. The van der Waals surface area contributed by atoms with Crippen molar-refractivity contribution in [2.75, 3.05) is 10.6 Å². The van der Waals surface area contributed by atoms with E-state index < -0.39 is 48.3 Å². The third kappa shape index (κ3) is 11.1. The van der Waals surface area contributed by atoms with E-state index in [0.717, 1.165) is 11.3 Å². The minimum atomic E-state index is -5.08. The molecule has 0 bridgehead atoms. The van der Waals surface area contributed by atoms with Gasteiger partial charge in [-0.1, -0.05) is 35.6 Å². The van der Waals surface area contributed by atoms with E-state index in [4.69, 9.17) is 21.4 Å². The lowest BCUT2D eigenvalue weighted by Gasteiger charge is -2.17. The molecule has 3 aromatic rings. The monoisotopic (exact) mass is 623 g/mol. The van der Waals surface area contributed by atoms with Gasteiger partial charge in [-0.3, -0.25) is 19.2 Å². The third-order valence-electron chi connectivity index (χ3n) is 4.88. The molecule has 1 aromatic heterocycles. The van der Waals surface area contributed by atoms with Gasteiger partial charge in [0.1, 0.15) is 10.9 Å². The molecule has 1 atom stereocenters. The van der Waals surface area contributed by atoms with Crippen LogP contribution in [-0.4, -0.2) is 63.0 Å². The Morgan fingerprint density at radius 2 is 1.56 bits per heavy atom. The molecule has 1 heterocycles. The first-order chi connectivity index (χ1) is 20.1. The smallest absolute Gasteiger partial charge is 0.481 e. The Balaban J connectivity index is 0.000000821. The Morgan fingerprint density at radius 1 is 0.953 bits per heavy atom. The zero-order chi connectivity index (χ0) is 32.3. The number of carboxylic acid groups (broad SMARTS) is 2. The van der Waals surface area contributed by atoms with Crippen LogP contribution in [0.4, 0.5) is 29.7 Å². The van der Waals surface area contributed by atoms with Crippen LogP contribution in [0.3, 0.4) is 0 Å². The zero-order valence-electron chi connectivity index (χ0n) is 22.0. The largest absolute Gasteiger partial charge is 0.490 e. The summed E-state index contributed by atoms with van der Waals surface area (Å²) in [6, 6.07) is 13.1. The number of para-hydroxylation sites is 1. The highest BCUT2D eigenvalue weighted by Crippen LogP contribution is 2.26. The summed E-state index contributed by atoms with van der Waals surface area (Å²) in [5.41, 5.74) is 12.0. The highest BCUT2D eigenvalue weighted by atomic mass is 32.1. The number of guanidine groups is 1. The molecule has 0 saturated heterocycles. The van der Waals surface area contributed by atoms with Gasteiger partial charge >= 0.3 is 18.1 Å². The number of nitrogens with one attached hydrogen (secondary N) is 3. The topological polar surface area (TPSA) is 239 Å². The van der Waals surface area contributed by atoms with Crippen LogP contribution in [0.2, 0.25) is 0 Å².